The Morgan fingerprint density at radius 2 is 0.800 bits per heavy atom. The molecule has 0 bridgehead atoms. The molecule has 0 spiro atoms. The van der Waals surface area contributed by atoms with E-state index in [1.54, 1.807) is 0 Å². The van der Waals surface area contributed by atoms with Crippen molar-refractivity contribution in [3.63, 3.8) is 0 Å². The molecule has 0 aliphatic heterocycles. The van der Waals surface area contributed by atoms with Gasteiger partial charge in [-0.3, -0.25) is 0 Å². The maximum absolute atomic E-state index is 10.5. The van der Waals surface area contributed by atoms with Crippen molar-refractivity contribution in [2.75, 3.05) is 13.1 Å². The van der Waals surface area contributed by atoms with Crippen LogP contribution >= 0.6 is 0 Å². The zero-order valence-corrected chi connectivity index (χ0v) is 10.6. The second kappa shape index (κ2) is 8.56. The fourth-order valence-corrected chi connectivity index (χ4v) is 1.44. The van der Waals surface area contributed by atoms with E-state index in [1.165, 1.54) is 0 Å². The normalized spacial score (nSPS) is 9.80. The molecule has 4 N–H and O–H groups in total. The fraction of sp³-hybridized carbons (Fsp3) is 0.600. The van der Waals surface area contributed by atoms with Gasteiger partial charge in [0.2, 0.25) is 0 Å². The Labute approximate surface area is 113 Å². The lowest BCUT2D eigenvalue weighted by molar-refractivity contribution is 0.118. The number of nitrogens with zero attached hydrogens (tertiary/aromatic N) is 2. The van der Waals surface area contributed by atoms with Gasteiger partial charge in [0.05, 0.1) is 0 Å². The van der Waals surface area contributed by atoms with Gasteiger partial charge in [-0.25, -0.2) is 29.0 Å². The molecule has 10 heteroatoms. The van der Waals surface area contributed by atoms with Gasteiger partial charge in [-0.2, -0.15) is 0 Å². The van der Waals surface area contributed by atoms with E-state index in [-0.39, 0.29) is 22.9 Å². The molecule has 0 radical (unpaired) electrons. The highest BCUT2D eigenvalue weighted by Gasteiger charge is 2.19. The average molecular weight is 292 g/mol. The topological polar surface area (TPSA) is 156 Å². The first-order chi connectivity index (χ1) is 9.27. The minimum absolute atomic E-state index is 0.174. The molecule has 20 heavy (non-hydrogen) atoms. The van der Waals surface area contributed by atoms with Gasteiger partial charge in [-0.05, 0) is 12.8 Å². The van der Waals surface area contributed by atoms with Crippen LogP contribution in [0.5, 0.6) is 0 Å². The molecule has 0 aliphatic rings. The van der Waals surface area contributed by atoms with Crippen molar-refractivity contribution < 1.29 is 39.6 Å². The standard InChI is InChI=1S/C10H16N2O8/c13-7(14)11(8(15)16)5-3-1-2-4-6-12(9(17)18)10(19)20/h1-6H2,(H,13,14)(H,15,16)(H,17,18)(H,19,20). The van der Waals surface area contributed by atoms with Gasteiger partial charge in [-0.15, -0.1) is 0 Å². The van der Waals surface area contributed by atoms with Gasteiger partial charge in [0.1, 0.15) is 0 Å². The lowest BCUT2D eigenvalue weighted by atomic mass is 10.2. The van der Waals surface area contributed by atoms with Gasteiger partial charge >= 0.3 is 24.4 Å². The van der Waals surface area contributed by atoms with E-state index in [4.69, 9.17) is 20.4 Å². The molecule has 0 aliphatic carbocycles. The molecule has 0 saturated carbocycles. The summed E-state index contributed by atoms with van der Waals surface area (Å²) in [4.78, 5) is 42.5. The largest absolute Gasteiger partial charge is 0.465 e. The summed E-state index contributed by atoms with van der Waals surface area (Å²) in [5.41, 5.74) is 0. The third kappa shape index (κ3) is 6.42. The lowest BCUT2D eigenvalue weighted by Crippen LogP contribution is -2.35. The highest BCUT2D eigenvalue weighted by Crippen LogP contribution is 2.05. The molecule has 114 valence electrons. The minimum Gasteiger partial charge on any atom is -0.465 e. The number of rotatable bonds is 7. The van der Waals surface area contributed by atoms with Crippen LogP contribution in [0.4, 0.5) is 19.2 Å². The van der Waals surface area contributed by atoms with Gasteiger partial charge in [-0.1, -0.05) is 12.8 Å². The van der Waals surface area contributed by atoms with E-state index in [0.29, 0.717) is 25.7 Å². The molecule has 10 nitrogen and oxygen atoms in total. The van der Waals surface area contributed by atoms with Crippen LogP contribution in [0.2, 0.25) is 0 Å². The number of imide groups is 2. The quantitative estimate of drug-likeness (QED) is 0.518. The third-order valence-corrected chi connectivity index (χ3v) is 2.44. The van der Waals surface area contributed by atoms with E-state index in [0.717, 1.165) is 0 Å². The number of unbranched alkanes of at least 4 members (excludes halogenated alkanes) is 3. The first kappa shape index (κ1) is 17.5. The Balaban J connectivity index is 3.87. The van der Waals surface area contributed by atoms with Crippen molar-refractivity contribution in [1.29, 1.82) is 0 Å². The van der Waals surface area contributed by atoms with E-state index >= 15 is 0 Å². The van der Waals surface area contributed by atoms with Gasteiger partial charge in [0.15, 0.2) is 0 Å². The Hall–Kier alpha value is -2.52. The highest BCUT2D eigenvalue weighted by atomic mass is 16.4. The van der Waals surface area contributed by atoms with Crippen molar-refractivity contribution in [2.24, 2.45) is 0 Å². The van der Waals surface area contributed by atoms with Crippen LogP contribution in [-0.2, 0) is 0 Å². The molecule has 0 saturated heterocycles. The summed E-state index contributed by atoms with van der Waals surface area (Å²) in [6.45, 7) is -0.349. The van der Waals surface area contributed by atoms with Crippen LogP contribution in [0, 0.1) is 0 Å². The van der Waals surface area contributed by atoms with E-state index in [9.17, 15) is 19.2 Å². The van der Waals surface area contributed by atoms with E-state index in [2.05, 4.69) is 0 Å². The summed E-state index contributed by atoms with van der Waals surface area (Å²) in [5, 5.41) is 34.2. The maximum atomic E-state index is 10.5. The van der Waals surface area contributed by atoms with Crippen LogP contribution in [-0.4, -0.2) is 67.7 Å². The zero-order valence-electron chi connectivity index (χ0n) is 10.6. The second-order valence-electron chi connectivity index (χ2n) is 3.85. The summed E-state index contributed by atoms with van der Waals surface area (Å²) in [7, 11) is 0. The van der Waals surface area contributed by atoms with Crippen LogP contribution in [0.15, 0.2) is 0 Å². The predicted octanol–water partition coefficient (Wildman–Crippen LogP) is 1.86. The first-order valence-electron chi connectivity index (χ1n) is 5.74. The number of amides is 4. The smallest absolute Gasteiger partial charge is 0.416 e. The van der Waals surface area contributed by atoms with Gasteiger partial charge in [0, 0.05) is 13.1 Å². The van der Waals surface area contributed by atoms with E-state index < -0.39 is 24.4 Å². The molecule has 0 atom stereocenters. The number of carboxylic acid groups (broad SMARTS) is 4. The summed E-state index contributed by atoms with van der Waals surface area (Å²) < 4.78 is 0. The van der Waals surface area contributed by atoms with Crippen molar-refractivity contribution >= 4 is 24.4 Å². The van der Waals surface area contributed by atoms with Crippen LogP contribution in [0.25, 0.3) is 0 Å². The number of hydrogen-bond donors (Lipinski definition) is 4. The summed E-state index contributed by atoms with van der Waals surface area (Å²) in [6.07, 6.45) is -4.71. The molecular weight excluding hydrogens is 276 g/mol. The summed E-state index contributed by atoms with van der Waals surface area (Å²) >= 11 is 0. The van der Waals surface area contributed by atoms with E-state index in [1.807, 2.05) is 0 Å². The predicted molar refractivity (Wildman–Crippen MR) is 64.0 cm³/mol. The molecular formula is C10H16N2O8. The SMILES string of the molecule is O=C(O)N(CCCCCCN(C(=O)O)C(=O)O)C(=O)O. The maximum Gasteiger partial charge on any atom is 0.416 e. The summed E-state index contributed by atoms with van der Waals surface area (Å²) in [5.74, 6) is 0. The molecule has 0 aromatic rings. The zero-order chi connectivity index (χ0) is 15.7. The molecule has 0 rings (SSSR count). The van der Waals surface area contributed by atoms with Crippen LogP contribution < -0.4 is 0 Å². The monoisotopic (exact) mass is 292 g/mol. The fourth-order valence-electron chi connectivity index (χ4n) is 1.44. The third-order valence-electron chi connectivity index (χ3n) is 2.44. The Kier molecular flexibility index (Phi) is 7.48. The Morgan fingerprint density at radius 1 is 0.550 bits per heavy atom. The van der Waals surface area contributed by atoms with Gasteiger partial charge < -0.3 is 20.4 Å². The molecule has 0 heterocycles. The molecule has 0 aromatic carbocycles. The van der Waals surface area contributed by atoms with Crippen molar-refractivity contribution in [2.45, 2.75) is 25.7 Å². The molecule has 0 unspecified atom stereocenters. The van der Waals surface area contributed by atoms with Crippen LogP contribution in [0.3, 0.4) is 0 Å². The molecule has 0 fully saturated rings. The van der Waals surface area contributed by atoms with Crippen LogP contribution in [0.1, 0.15) is 25.7 Å². The molecule has 0 aromatic heterocycles. The Morgan fingerprint density at radius 3 is 1.00 bits per heavy atom. The van der Waals surface area contributed by atoms with Gasteiger partial charge in [0.25, 0.3) is 0 Å². The first-order valence-corrected chi connectivity index (χ1v) is 5.74. The average Bonchev–Trinajstić information content (AvgIpc) is 2.30. The molecule has 4 amide bonds. The Bertz CT molecular complexity index is 319. The lowest BCUT2D eigenvalue weighted by Gasteiger charge is -2.14. The van der Waals surface area contributed by atoms with Crippen molar-refractivity contribution in [1.82, 2.24) is 9.80 Å². The highest BCUT2D eigenvalue weighted by molar-refractivity contribution is 5.85. The number of hydrogen-bond acceptors (Lipinski definition) is 4. The van der Waals surface area contributed by atoms with Crippen molar-refractivity contribution in [3.8, 4) is 0 Å². The minimum atomic E-state index is -1.56. The second-order valence-corrected chi connectivity index (χ2v) is 3.85. The van der Waals surface area contributed by atoms with Crippen molar-refractivity contribution in [3.05, 3.63) is 0 Å². The number of carbonyl (C=O) groups is 4. The summed E-state index contributed by atoms with van der Waals surface area (Å²) in [6, 6.07) is 0.